The molecular formula is C23H32N4O. The molecule has 1 aliphatic heterocycles. The van der Waals surface area contributed by atoms with Crippen molar-refractivity contribution in [1.82, 2.24) is 15.2 Å². The number of amides is 2. The second-order valence-corrected chi connectivity index (χ2v) is 7.40. The summed E-state index contributed by atoms with van der Waals surface area (Å²) in [6.45, 7) is 6.13. The van der Waals surface area contributed by atoms with Crippen LogP contribution < -0.4 is 10.2 Å². The number of aromatic nitrogens is 1. The predicted octanol–water partition coefficient (Wildman–Crippen LogP) is 4.24. The quantitative estimate of drug-likeness (QED) is 0.782. The van der Waals surface area contributed by atoms with Crippen molar-refractivity contribution in [3.8, 4) is 0 Å². The molecule has 2 heterocycles. The molecule has 0 bridgehead atoms. The predicted molar refractivity (Wildman–Crippen MR) is 115 cm³/mol. The summed E-state index contributed by atoms with van der Waals surface area (Å²) in [7, 11) is 0. The van der Waals surface area contributed by atoms with Crippen LogP contribution in [-0.2, 0) is 13.0 Å². The number of benzene rings is 1. The first-order valence-electron chi connectivity index (χ1n) is 10.5. The Balaban J connectivity index is 1.52. The Hall–Kier alpha value is -2.56. The van der Waals surface area contributed by atoms with E-state index in [2.05, 4.69) is 33.4 Å². The van der Waals surface area contributed by atoms with Crippen molar-refractivity contribution in [3.05, 3.63) is 59.8 Å². The van der Waals surface area contributed by atoms with E-state index in [1.807, 2.05) is 42.3 Å². The highest BCUT2D eigenvalue weighted by Crippen LogP contribution is 2.18. The van der Waals surface area contributed by atoms with Gasteiger partial charge in [0.25, 0.3) is 0 Å². The normalized spacial score (nSPS) is 14.4. The fraction of sp³-hybridized carbons (Fsp3) is 0.478. The highest BCUT2D eigenvalue weighted by Gasteiger charge is 2.13. The van der Waals surface area contributed by atoms with Gasteiger partial charge in [0.05, 0.1) is 0 Å². The molecule has 0 unspecified atom stereocenters. The molecule has 0 saturated carbocycles. The Labute approximate surface area is 168 Å². The third-order valence-electron chi connectivity index (χ3n) is 5.37. The van der Waals surface area contributed by atoms with Crippen molar-refractivity contribution in [2.75, 3.05) is 31.1 Å². The van der Waals surface area contributed by atoms with Gasteiger partial charge in [-0.15, -0.1) is 0 Å². The fourth-order valence-corrected chi connectivity index (χ4v) is 3.64. The van der Waals surface area contributed by atoms with Crippen LogP contribution in [0.3, 0.4) is 0 Å². The zero-order valence-corrected chi connectivity index (χ0v) is 16.9. The lowest BCUT2D eigenvalue weighted by Gasteiger charge is -2.23. The molecule has 2 amide bonds. The number of carbonyl (C=O) groups excluding carboxylic acids is 1. The second-order valence-electron chi connectivity index (χ2n) is 7.40. The number of pyridine rings is 1. The van der Waals surface area contributed by atoms with E-state index in [0.29, 0.717) is 13.1 Å². The van der Waals surface area contributed by atoms with Gasteiger partial charge >= 0.3 is 6.03 Å². The van der Waals surface area contributed by atoms with E-state index in [0.717, 1.165) is 37.4 Å². The summed E-state index contributed by atoms with van der Waals surface area (Å²) in [5, 5.41) is 3.07. The van der Waals surface area contributed by atoms with Crippen LogP contribution in [0.5, 0.6) is 0 Å². The third-order valence-corrected chi connectivity index (χ3v) is 5.37. The number of hydrogen-bond donors (Lipinski definition) is 1. The van der Waals surface area contributed by atoms with Gasteiger partial charge < -0.3 is 15.1 Å². The molecule has 0 aliphatic carbocycles. The van der Waals surface area contributed by atoms with Gasteiger partial charge in [-0.2, -0.15) is 0 Å². The zero-order chi connectivity index (χ0) is 19.6. The fourth-order valence-electron chi connectivity index (χ4n) is 3.64. The Morgan fingerprint density at radius 3 is 2.54 bits per heavy atom. The molecule has 5 nitrogen and oxygen atoms in total. The molecule has 1 saturated heterocycles. The van der Waals surface area contributed by atoms with E-state index < -0.39 is 0 Å². The van der Waals surface area contributed by atoms with E-state index in [4.69, 9.17) is 0 Å². The van der Waals surface area contributed by atoms with Crippen LogP contribution >= 0.6 is 0 Å². The molecule has 1 aliphatic rings. The van der Waals surface area contributed by atoms with Crippen LogP contribution in [0.2, 0.25) is 0 Å². The van der Waals surface area contributed by atoms with Gasteiger partial charge in [-0.25, -0.2) is 9.78 Å². The van der Waals surface area contributed by atoms with E-state index in [9.17, 15) is 4.79 Å². The van der Waals surface area contributed by atoms with Gasteiger partial charge in [0, 0.05) is 38.9 Å². The lowest BCUT2D eigenvalue weighted by molar-refractivity contribution is 0.200. The highest BCUT2D eigenvalue weighted by atomic mass is 16.2. The summed E-state index contributed by atoms with van der Waals surface area (Å²) in [5.74, 6) is 1.03. The van der Waals surface area contributed by atoms with E-state index in [-0.39, 0.29) is 6.03 Å². The first-order valence-corrected chi connectivity index (χ1v) is 10.5. The largest absolute Gasteiger partial charge is 0.357 e. The summed E-state index contributed by atoms with van der Waals surface area (Å²) in [6, 6.07) is 14.4. The molecule has 3 rings (SSSR count). The topological polar surface area (TPSA) is 48.5 Å². The Kier molecular flexibility index (Phi) is 7.71. The van der Waals surface area contributed by atoms with Crippen molar-refractivity contribution in [3.63, 3.8) is 0 Å². The minimum absolute atomic E-state index is 0.00781. The maximum atomic E-state index is 12.6. The average Bonchev–Trinajstić information content (AvgIpc) is 3.03. The lowest BCUT2D eigenvalue weighted by atomic mass is 10.1. The number of likely N-dealkylation sites (N-methyl/N-ethyl adjacent to an activating group) is 1. The van der Waals surface area contributed by atoms with Crippen molar-refractivity contribution in [2.24, 2.45) is 0 Å². The first-order chi connectivity index (χ1) is 13.8. The van der Waals surface area contributed by atoms with Gasteiger partial charge in [-0.05, 0) is 49.4 Å². The summed E-state index contributed by atoms with van der Waals surface area (Å²) in [4.78, 5) is 21.4. The summed E-state index contributed by atoms with van der Waals surface area (Å²) < 4.78 is 0. The van der Waals surface area contributed by atoms with Gasteiger partial charge in [0.2, 0.25) is 0 Å². The van der Waals surface area contributed by atoms with Gasteiger partial charge in [0.15, 0.2) is 0 Å². The number of nitrogens with one attached hydrogen (secondary N) is 1. The molecule has 0 spiro atoms. The van der Waals surface area contributed by atoms with Gasteiger partial charge in [-0.1, -0.05) is 43.2 Å². The van der Waals surface area contributed by atoms with Crippen molar-refractivity contribution < 1.29 is 4.79 Å². The maximum Gasteiger partial charge on any atom is 0.317 e. The number of anilines is 1. The molecule has 0 radical (unpaired) electrons. The van der Waals surface area contributed by atoms with Crippen LogP contribution in [0, 0.1) is 0 Å². The standard InChI is InChI=1S/C23H32N4O/c1-2-26(17-13-20-10-6-5-7-11-20)23(28)25-19-21-12-14-24-22(18-21)27-15-8-3-4-9-16-27/h5-7,10-12,14,18H,2-4,8-9,13,15-17,19H2,1H3,(H,25,28). The molecule has 28 heavy (non-hydrogen) atoms. The summed E-state index contributed by atoms with van der Waals surface area (Å²) >= 11 is 0. The number of urea groups is 1. The van der Waals surface area contributed by atoms with Crippen LogP contribution in [0.4, 0.5) is 10.6 Å². The van der Waals surface area contributed by atoms with E-state index in [1.54, 1.807) is 0 Å². The summed E-state index contributed by atoms with van der Waals surface area (Å²) in [6.07, 6.45) is 7.81. The summed E-state index contributed by atoms with van der Waals surface area (Å²) in [5.41, 5.74) is 2.35. The first kappa shape index (κ1) is 20.2. The molecule has 150 valence electrons. The van der Waals surface area contributed by atoms with Gasteiger partial charge in [-0.3, -0.25) is 0 Å². The molecule has 1 N–H and O–H groups in total. The molecule has 0 atom stereocenters. The number of hydrogen-bond acceptors (Lipinski definition) is 3. The van der Waals surface area contributed by atoms with Crippen LogP contribution in [0.1, 0.15) is 43.7 Å². The second kappa shape index (κ2) is 10.7. The van der Waals surface area contributed by atoms with Gasteiger partial charge in [0.1, 0.15) is 5.82 Å². The zero-order valence-electron chi connectivity index (χ0n) is 16.9. The maximum absolute atomic E-state index is 12.6. The van der Waals surface area contributed by atoms with E-state index >= 15 is 0 Å². The Morgan fingerprint density at radius 1 is 1.07 bits per heavy atom. The highest BCUT2D eigenvalue weighted by molar-refractivity contribution is 5.74. The SMILES string of the molecule is CCN(CCc1ccccc1)C(=O)NCc1ccnc(N2CCCCCC2)c1. The van der Waals surface area contributed by atoms with Crippen molar-refractivity contribution >= 4 is 11.8 Å². The number of carbonyl (C=O) groups is 1. The molecular weight excluding hydrogens is 348 g/mol. The average molecular weight is 381 g/mol. The number of rotatable bonds is 7. The van der Waals surface area contributed by atoms with Crippen LogP contribution in [-0.4, -0.2) is 42.1 Å². The molecule has 2 aromatic rings. The van der Waals surface area contributed by atoms with Crippen molar-refractivity contribution in [2.45, 2.75) is 45.6 Å². The van der Waals surface area contributed by atoms with Crippen LogP contribution in [0.15, 0.2) is 48.7 Å². The third kappa shape index (κ3) is 5.98. The molecule has 1 fully saturated rings. The monoisotopic (exact) mass is 380 g/mol. The van der Waals surface area contributed by atoms with Crippen molar-refractivity contribution in [1.29, 1.82) is 0 Å². The van der Waals surface area contributed by atoms with Crippen LogP contribution in [0.25, 0.3) is 0 Å². The lowest BCUT2D eigenvalue weighted by Crippen LogP contribution is -2.40. The Bertz CT molecular complexity index is 726. The smallest absolute Gasteiger partial charge is 0.317 e. The molecule has 5 heteroatoms. The molecule has 1 aromatic carbocycles. The minimum Gasteiger partial charge on any atom is -0.357 e. The number of nitrogens with zero attached hydrogens (tertiary/aromatic N) is 3. The molecule has 1 aromatic heterocycles. The van der Waals surface area contributed by atoms with E-state index in [1.165, 1.54) is 31.2 Å². The Morgan fingerprint density at radius 2 is 1.82 bits per heavy atom. The minimum atomic E-state index is -0.00781.